The van der Waals surface area contributed by atoms with E-state index in [1.54, 1.807) is 18.3 Å². The van der Waals surface area contributed by atoms with Crippen LogP contribution in [0.4, 0.5) is 0 Å². The number of pyridine rings is 1. The van der Waals surface area contributed by atoms with E-state index in [-0.39, 0.29) is 28.8 Å². The van der Waals surface area contributed by atoms with E-state index in [0.29, 0.717) is 17.8 Å². The van der Waals surface area contributed by atoms with Gasteiger partial charge in [0.2, 0.25) is 10.0 Å². The number of carbonyl (C=O) groups is 1. The first-order chi connectivity index (χ1) is 15.8. The van der Waals surface area contributed by atoms with Crippen molar-refractivity contribution in [3.63, 3.8) is 0 Å². The number of hydrogen-bond acceptors (Lipinski definition) is 7. The zero-order chi connectivity index (χ0) is 24.7. The Morgan fingerprint density at radius 2 is 1.94 bits per heavy atom. The fourth-order valence-electron chi connectivity index (χ4n) is 3.98. The number of aromatic nitrogens is 2. The molecule has 0 radical (unpaired) electrons. The standard InChI is InChI=1S/C23H29N3O6S2/c1-23(2,3)32-21(27)13-17-12-20-19(8-10-24-22(20)25-17)15-4-6-18(7-5-15)34(30,31)26-16-9-11-33(28,29)14-16/h4-8,10,12,16,26,28-29H,9,11,13-14H2,1-3H3,(H,24,25). The molecule has 1 aromatic carbocycles. The predicted molar refractivity (Wildman–Crippen MR) is 132 cm³/mol. The average molecular weight is 508 g/mol. The van der Waals surface area contributed by atoms with Crippen LogP contribution in [0.25, 0.3) is 22.2 Å². The number of aromatic amines is 1. The molecule has 3 heterocycles. The molecule has 4 rings (SSSR count). The van der Waals surface area contributed by atoms with Crippen LogP contribution in [0.1, 0.15) is 32.9 Å². The van der Waals surface area contributed by atoms with Crippen molar-refractivity contribution in [3.8, 4) is 11.1 Å². The number of H-pyrrole nitrogens is 1. The SMILES string of the molecule is CC(C)(C)OC(=O)Cc1cc2c(-c3ccc(S(=O)(=O)NC4CCS(O)(O)C4)cc3)ccnc2[nH]1. The van der Waals surface area contributed by atoms with Crippen molar-refractivity contribution in [1.29, 1.82) is 0 Å². The maximum atomic E-state index is 12.7. The summed E-state index contributed by atoms with van der Waals surface area (Å²) in [6, 6.07) is 9.66. The highest BCUT2D eigenvalue weighted by atomic mass is 32.3. The number of esters is 1. The molecule has 184 valence electrons. The van der Waals surface area contributed by atoms with Crippen LogP contribution in [0.5, 0.6) is 0 Å². The second-order valence-corrected chi connectivity index (χ2v) is 13.5. The lowest BCUT2D eigenvalue weighted by atomic mass is 10.0. The molecule has 4 N–H and O–H groups in total. The first kappa shape index (κ1) is 24.7. The van der Waals surface area contributed by atoms with Gasteiger partial charge in [-0.2, -0.15) is 10.6 Å². The Bertz CT molecular complexity index is 1310. The van der Waals surface area contributed by atoms with E-state index in [1.165, 1.54) is 12.1 Å². The van der Waals surface area contributed by atoms with Gasteiger partial charge >= 0.3 is 5.97 Å². The maximum Gasteiger partial charge on any atom is 0.312 e. The van der Waals surface area contributed by atoms with E-state index in [9.17, 15) is 22.3 Å². The molecule has 1 fully saturated rings. The van der Waals surface area contributed by atoms with Gasteiger partial charge in [0.25, 0.3) is 0 Å². The van der Waals surface area contributed by atoms with Crippen molar-refractivity contribution in [1.82, 2.24) is 14.7 Å². The highest BCUT2D eigenvalue weighted by Gasteiger charge is 2.31. The number of hydrogen-bond donors (Lipinski definition) is 4. The molecule has 3 aromatic rings. The number of nitrogens with zero attached hydrogens (tertiary/aromatic N) is 1. The molecule has 0 amide bonds. The highest BCUT2D eigenvalue weighted by molar-refractivity contribution is 8.24. The van der Waals surface area contributed by atoms with Gasteiger partial charge < -0.3 is 9.72 Å². The largest absolute Gasteiger partial charge is 0.460 e. The lowest BCUT2D eigenvalue weighted by Gasteiger charge is -2.26. The summed E-state index contributed by atoms with van der Waals surface area (Å²) in [5, 5.41) is 0.811. The minimum Gasteiger partial charge on any atom is -0.460 e. The highest BCUT2D eigenvalue weighted by Crippen LogP contribution is 2.45. The zero-order valence-electron chi connectivity index (χ0n) is 19.2. The third kappa shape index (κ3) is 5.78. The Balaban J connectivity index is 1.54. The molecule has 0 saturated carbocycles. The van der Waals surface area contributed by atoms with Gasteiger partial charge in [-0.1, -0.05) is 12.1 Å². The second kappa shape index (κ2) is 8.97. The number of ether oxygens (including phenoxy) is 1. The molecule has 9 nitrogen and oxygen atoms in total. The Hall–Kier alpha value is -2.44. The van der Waals surface area contributed by atoms with Crippen molar-refractivity contribution in [2.45, 2.75) is 50.2 Å². The molecule has 1 atom stereocenters. The second-order valence-electron chi connectivity index (χ2n) is 9.48. The average Bonchev–Trinajstić information content (AvgIpc) is 3.27. The monoisotopic (exact) mass is 507 g/mol. The summed E-state index contributed by atoms with van der Waals surface area (Å²) >= 11 is 0. The van der Waals surface area contributed by atoms with Crippen LogP contribution < -0.4 is 4.72 Å². The van der Waals surface area contributed by atoms with Gasteiger partial charge in [0, 0.05) is 29.1 Å². The van der Waals surface area contributed by atoms with Crippen LogP contribution >= 0.6 is 10.6 Å². The van der Waals surface area contributed by atoms with Crippen LogP contribution in [0.15, 0.2) is 47.5 Å². The number of nitrogens with one attached hydrogen (secondary N) is 2. The van der Waals surface area contributed by atoms with Gasteiger partial charge in [0.1, 0.15) is 11.2 Å². The van der Waals surface area contributed by atoms with Crippen LogP contribution in [0.2, 0.25) is 0 Å². The minimum atomic E-state index is -3.79. The van der Waals surface area contributed by atoms with E-state index < -0.39 is 32.3 Å². The summed E-state index contributed by atoms with van der Waals surface area (Å²) in [4.78, 5) is 19.8. The molecule has 0 aliphatic carbocycles. The molecular weight excluding hydrogens is 478 g/mol. The van der Waals surface area contributed by atoms with E-state index in [2.05, 4.69) is 14.7 Å². The summed E-state index contributed by atoms with van der Waals surface area (Å²) in [5.41, 5.74) is 2.37. The van der Waals surface area contributed by atoms with E-state index in [4.69, 9.17) is 4.74 Å². The molecule has 1 aliphatic rings. The fourth-order valence-corrected chi connectivity index (χ4v) is 7.07. The first-order valence-electron chi connectivity index (χ1n) is 10.9. The van der Waals surface area contributed by atoms with Crippen molar-refractivity contribution in [2.75, 3.05) is 11.5 Å². The lowest BCUT2D eigenvalue weighted by Crippen LogP contribution is -2.35. The summed E-state index contributed by atoms with van der Waals surface area (Å²) < 4.78 is 52.9. The topological polar surface area (TPSA) is 142 Å². The van der Waals surface area contributed by atoms with Crippen LogP contribution in [-0.2, 0) is 26.0 Å². The normalized spacial score (nSPS) is 19.3. The summed E-state index contributed by atoms with van der Waals surface area (Å²) in [6.07, 6.45) is 2.13. The van der Waals surface area contributed by atoms with Crippen molar-refractivity contribution in [2.24, 2.45) is 0 Å². The van der Waals surface area contributed by atoms with Crippen molar-refractivity contribution >= 4 is 37.6 Å². The Labute approximate surface area is 200 Å². The van der Waals surface area contributed by atoms with Gasteiger partial charge in [0.05, 0.1) is 17.1 Å². The Morgan fingerprint density at radius 3 is 2.56 bits per heavy atom. The molecule has 1 aliphatic heterocycles. The number of fused-ring (bicyclic) bond motifs is 1. The predicted octanol–water partition coefficient (Wildman–Crippen LogP) is 3.92. The van der Waals surface area contributed by atoms with Crippen molar-refractivity contribution in [3.05, 3.63) is 48.3 Å². The molecule has 0 bridgehead atoms. The van der Waals surface area contributed by atoms with Gasteiger partial charge in [0.15, 0.2) is 0 Å². The number of benzene rings is 1. The van der Waals surface area contributed by atoms with Gasteiger partial charge in [-0.05, 0) is 62.6 Å². The lowest BCUT2D eigenvalue weighted by molar-refractivity contribution is -0.153. The van der Waals surface area contributed by atoms with E-state index in [1.807, 2.05) is 32.9 Å². The fraction of sp³-hybridized carbons (Fsp3) is 0.391. The van der Waals surface area contributed by atoms with Crippen LogP contribution in [-0.4, -0.2) is 56.6 Å². The molecule has 11 heteroatoms. The minimum absolute atomic E-state index is 0.0401. The summed E-state index contributed by atoms with van der Waals surface area (Å²) in [7, 11) is -6.48. The first-order valence-corrected chi connectivity index (χ1v) is 14.2. The number of sulfonamides is 1. The molecule has 2 aromatic heterocycles. The van der Waals surface area contributed by atoms with Gasteiger partial charge in [-0.15, -0.1) is 0 Å². The number of carbonyl (C=O) groups excluding carboxylic acids is 1. The summed E-state index contributed by atoms with van der Waals surface area (Å²) in [6.45, 7) is 5.45. The number of rotatable bonds is 6. The quantitative estimate of drug-likeness (QED) is 0.371. The van der Waals surface area contributed by atoms with Gasteiger partial charge in [-0.25, -0.2) is 18.1 Å². The Morgan fingerprint density at radius 1 is 1.24 bits per heavy atom. The van der Waals surface area contributed by atoms with Crippen LogP contribution in [0.3, 0.4) is 0 Å². The zero-order valence-corrected chi connectivity index (χ0v) is 20.9. The smallest absolute Gasteiger partial charge is 0.312 e. The van der Waals surface area contributed by atoms with Crippen molar-refractivity contribution < 1.29 is 27.1 Å². The Kier molecular flexibility index (Phi) is 6.51. The molecule has 1 saturated heterocycles. The maximum absolute atomic E-state index is 12.7. The summed E-state index contributed by atoms with van der Waals surface area (Å²) in [5.74, 6) is -0.0894. The van der Waals surface area contributed by atoms with Crippen LogP contribution in [0, 0.1) is 0 Å². The molecular formula is C23H29N3O6S2. The third-order valence-corrected chi connectivity index (χ3v) is 8.76. The van der Waals surface area contributed by atoms with E-state index in [0.717, 1.165) is 16.5 Å². The van der Waals surface area contributed by atoms with E-state index >= 15 is 0 Å². The molecule has 0 spiro atoms. The third-order valence-electron chi connectivity index (χ3n) is 5.40. The van der Waals surface area contributed by atoms with Gasteiger partial charge in [-0.3, -0.25) is 13.9 Å². The molecule has 34 heavy (non-hydrogen) atoms. The molecule has 1 unspecified atom stereocenters.